The summed E-state index contributed by atoms with van der Waals surface area (Å²) in [5.41, 5.74) is 0. The topological polar surface area (TPSA) is 63.6 Å². The molecule has 1 unspecified atom stereocenters. The molecule has 0 aromatic rings. The Morgan fingerprint density at radius 3 is 2.91 bits per heavy atom. The van der Waals surface area contributed by atoms with E-state index in [-0.39, 0.29) is 18.5 Å². The van der Waals surface area contributed by atoms with Crippen molar-refractivity contribution >= 4 is 11.9 Å². The zero-order valence-corrected chi connectivity index (χ0v) is 6.08. The maximum atomic E-state index is 10.5. The molecule has 1 N–H and O–H groups in total. The number of carboxylic acids is 1. The molecule has 1 rings (SSSR count). The van der Waals surface area contributed by atoms with Gasteiger partial charge in [0.05, 0.1) is 0 Å². The van der Waals surface area contributed by atoms with E-state index in [1.165, 1.54) is 0 Å². The Hall–Kier alpha value is -1.06. The van der Waals surface area contributed by atoms with Crippen LogP contribution >= 0.6 is 0 Å². The number of hydrogen-bond acceptors (Lipinski definition) is 3. The Morgan fingerprint density at radius 1 is 1.73 bits per heavy atom. The second-order valence-corrected chi connectivity index (χ2v) is 2.58. The highest BCUT2D eigenvalue weighted by molar-refractivity contribution is 5.71. The number of ether oxygens (including phenoxy) is 1. The van der Waals surface area contributed by atoms with E-state index in [1.807, 2.05) is 0 Å². The van der Waals surface area contributed by atoms with Gasteiger partial charge in [-0.15, -0.1) is 0 Å². The fourth-order valence-electron chi connectivity index (χ4n) is 1.07. The average molecular weight is 158 g/mol. The molecular weight excluding hydrogens is 148 g/mol. The molecule has 11 heavy (non-hydrogen) atoms. The molecule has 0 saturated carbocycles. The lowest BCUT2D eigenvalue weighted by atomic mass is 10.1. The maximum Gasteiger partial charge on any atom is 0.306 e. The van der Waals surface area contributed by atoms with Crippen LogP contribution in [-0.4, -0.2) is 23.1 Å². The van der Waals surface area contributed by atoms with Gasteiger partial charge in [0.25, 0.3) is 0 Å². The second kappa shape index (κ2) is 3.37. The molecule has 0 bridgehead atoms. The van der Waals surface area contributed by atoms with Crippen LogP contribution in [0.15, 0.2) is 0 Å². The highest BCUT2D eigenvalue weighted by Gasteiger charge is 2.23. The molecule has 1 aliphatic heterocycles. The zero-order valence-electron chi connectivity index (χ0n) is 6.08. The molecule has 1 atom stereocenters. The van der Waals surface area contributed by atoms with Gasteiger partial charge in [0.15, 0.2) is 0 Å². The van der Waals surface area contributed by atoms with E-state index in [4.69, 9.17) is 9.84 Å². The van der Waals surface area contributed by atoms with Gasteiger partial charge < -0.3 is 9.84 Å². The Balaban J connectivity index is 2.18. The third-order valence-electron chi connectivity index (χ3n) is 1.65. The summed E-state index contributed by atoms with van der Waals surface area (Å²) in [6, 6.07) is 0. The molecule has 1 fully saturated rings. The number of rotatable bonds is 3. The van der Waals surface area contributed by atoms with Crippen molar-refractivity contribution in [2.45, 2.75) is 31.8 Å². The summed E-state index contributed by atoms with van der Waals surface area (Å²) in [4.78, 5) is 20.6. The van der Waals surface area contributed by atoms with Crippen molar-refractivity contribution in [3.8, 4) is 0 Å². The van der Waals surface area contributed by atoms with Crippen molar-refractivity contribution in [1.82, 2.24) is 0 Å². The molecule has 0 radical (unpaired) electrons. The van der Waals surface area contributed by atoms with Gasteiger partial charge in [-0.25, -0.2) is 0 Å². The van der Waals surface area contributed by atoms with Crippen molar-refractivity contribution in [3.05, 3.63) is 0 Å². The first-order chi connectivity index (χ1) is 5.18. The molecule has 4 nitrogen and oxygen atoms in total. The highest BCUT2D eigenvalue weighted by atomic mass is 16.5. The molecule has 0 aromatic heterocycles. The second-order valence-electron chi connectivity index (χ2n) is 2.58. The van der Waals surface area contributed by atoms with Crippen LogP contribution in [0.5, 0.6) is 0 Å². The predicted octanol–water partition coefficient (Wildman–Crippen LogP) is 0.557. The summed E-state index contributed by atoms with van der Waals surface area (Å²) >= 11 is 0. The van der Waals surface area contributed by atoms with Crippen LogP contribution in [0.3, 0.4) is 0 Å². The molecule has 0 spiro atoms. The third-order valence-corrected chi connectivity index (χ3v) is 1.65. The molecule has 0 aromatic carbocycles. The molecule has 0 amide bonds. The number of carboxylic acid groups (broad SMARTS) is 1. The molecule has 1 heterocycles. The van der Waals surface area contributed by atoms with Crippen LogP contribution in [0.4, 0.5) is 0 Å². The van der Waals surface area contributed by atoms with Gasteiger partial charge in [0, 0.05) is 12.8 Å². The number of carbonyl (C=O) groups is 2. The van der Waals surface area contributed by atoms with E-state index >= 15 is 0 Å². The third kappa shape index (κ3) is 2.57. The summed E-state index contributed by atoms with van der Waals surface area (Å²) in [7, 11) is 0. The van der Waals surface area contributed by atoms with Crippen molar-refractivity contribution < 1.29 is 19.4 Å². The van der Waals surface area contributed by atoms with E-state index in [1.54, 1.807) is 0 Å². The van der Waals surface area contributed by atoms with Gasteiger partial charge in [-0.2, -0.15) is 0 Å². The van der Waals surface area contributed by atoms with Crippen LogP contribution in [0.2, 0.25) is 0 Å². The quantitative estimate of drug-likeness (QED) is 0.609. The summed E-state index contributed by atoms with van der Waals surface area (Å²) in [6.07, 6.45) is 1.48. The summed E-state index contributed by atoms with van der Waals surface area (Å²) in [5.74, 6) is -1.05. The Bertz CT molecular complexity index is 175. The maximum absolute atomic E-state index is 10.5. The Morgan fingerprint density at radius 2 is 2.45 bits per heavy atom. The van der Waals surface area contributed by atoms with Crippen molar-refractivity contribution in [2.75, 3.05) is 0 Å². The molecule has 1 aliphatic rings. The van der Waals surface area contributed by atoms with Crippen LogP contribution in [0, 0.1) is 0 Å². The van der Waals surface area contributed by atoms with Crippen LogP contribution in [-0.2, 0) is 14.3 Å². The standard InChI is InChI=1S/C7H10O4/c8-6(9)3-1-5-2-4-7(10)11-5/h5H,1-4H2,(H,8,9). The van der Waals surface area contributed by atoms with Crippen LogP contribution in [0.1, 0.15) is 25.7 Å². The minimum Gasteiger partial charge on any atom is -0.481 e. The van der Waals surface area contributed by atoms with Gasteiger partial charge in [0.1, 0.15) is 6.10 Å². The number of aliphatic carboxylic acids is 1. The van der Waals surface area contributed by atoms with Gasteiger partial charge in [0.2, 0.25) is 0 Å². The van der Waals surface area contributed by atoms with Gasteiger partial charge >= 0.3 is 11.9 Å². The first-order valence-corrected chi connectivity index (χ1v) is 3.60. The van der Waals surface area contributed by atoms with Gasteiger partial charge in [-0.1, -0.05) is 0 Å². The van der Waals surface area contributed by atoms with E-state index in [0.29, 0.717) is 19.3 Å². The van der Waals surface area contributed by atoms with Gasteiger partial charge in [-0.05, 0) is 12.8 Å². The SMILES string of the molecule is O=C(O)CCC1CCC(=O)O1. The Kier molecular flexibility index (Phi) is 2.46. The smallest absolute Gasteiger partial charge is 0.306 e. The molecule has 62 valence electrons. The van der Waals surface area contributed by atoms with Crippen LogP contribution in [0.25, 0.3) is 0 Å². The highest BCUT2D eigenvalue weighted by Crippen LogP contribution is 2.17. The van der Waals surface area contributed by atoms with E-state index < -0.39 is 5.97 Å². The van der Waals surface area contributed by atoms with E-state index in [9.17, 15) is 9.59 Å². The number of carbonyl (C=O) groups excluding carboxylic acids is 1. The lowest BCUT2D eigenvalue weighted by molar-refractivity contribution is -0.144. The van der Waals surface area contributed by atoms with Crippen LogP contribution < -0.4 is 0 Å². The van der Waals surface area contributed by atoms with E-state index in [0.717, 1.165) is 0 Å². The minimum atomic E-state index is -0.840. The monoisotopic (exact) mass is 158 g/mol. The van der Waals surface area contributed by atoms with E-state index in [2.05, 4.69) is 0 Å². The van der Waals surface area contributed by atoms with Crippen molar-refractivity contribution in [1.29, 1.82) is 0 Å². The lowest BCUT2D eigenvalue weighted by Crippen LogP contribution is -2.09. The number of hydrogen-bond donors (Lipinski definition) is 1. The number of cyclic esters (lactones) is 1. The lowest BCUT2D eigenvalue weighted by Gasteiger charge is -2.05. The summed E-state index contributed by atoms with van der Waals surface area (Å²) < 4.78 is 4.81. The fraction of sp³-hybridized carbons (Fsp3) is 0.714. The molecule has 0 aliphatic carbocycles. The largest absolute Gasteiger partial charge is 0.481 e. The number of esters is 1. The predicted molar refractivity (Wildman–Crippen MR) is 36.0 cm³/mol. The fourth-order valence-corrected chi connectivity index (χ4v) is 1.07. The minimum absolute atomic E-state index is 0.0813. The molecule has 4 heteroatoms. The van der Waals surface area contributed by atoms with Crippen molar-refractivity contribution in [3.63, 3.8) is 0 Å². The first-order valence-electron chi connectivity index (χ1n) is 3.60. The Labute approximate surface area is 64.2 Å². The van der Waals surface area contributed by atoms with Crippen molar-refractivity contribution in [2.24, 2.45) is 0 Å². The van der Waals surface area contributed by atoms with Gasteiger partial charge in [-0.3, -0.25) is 9.59 Å². The zero-order chi connectivity index (χ0) is 8.27. The molecular formula is C7H10O4. The normalized spacial score (nSPS) is 23.3. The average Bonchev–Trinajstić information content (AvgIpc) is 2.31. The summed E-state index contributed by atoms with van der Waals surface area (Å²) in [6.45, 7) is 0. The first kappa shape index (κ1) is 8.04. The summed E-state index contributed by atoms with van der Waals surface area (Å²) in [5, 5.41) is 8.30. The molecule has 1 saturated heterocycles.